The van der Waals surface area contributed by atoms with Crippen molar-refractivity contribution in [1.29, 1.82) is 0 Å². The molecular weight excluding hydrogens is 156 g/mol. The highest BCUT2D eigenvalue weighted by molar-refractivity contribution is 5.65. The maximum absolute atomic E-state index is 10.5. The molecule has 0 radical (unpaired) electrons. The van der Waals surface area contributed by atoms with Crippen molar-refractivity contribution in [3.05, 3.63) is 0 Å². The zero-order valence-electron chi connectivity index (χ0n) is 8.13. The van der Waals surface area contributed by atoms with Crippen LogP contribution in [0.15, 0.2) is 0 Å². The summed E-state index contributed by atoms with van der Waals surface area (Å²) in [5, 5.41) is 0. The molecule has 0 aliphatic heterocycles. The predicted octanol–water partition coefficient (Wildman–Crippen LogP) is 1.75. The number of rotatable bonds is 6. The Labute approximate surface area is 74.0 Å². The summed E-state index contributed by atoms with van der Waals surface area (Å²) < 4.78 is 10.2. The molecule has 0 heterocycles. The minimum absolute atomic E-state index is 0.0637. The zero-order valence-corrected chi connectivity index (χ0v) is 8.13. The highest BCUT2D eigenvalue weighted by Crippen LogP contribution is 1.99. The first-order chi connectivity index (χ1) is 5.70. The van der Waals surface area contributed by atoms with Gasteiger partial charge in [-0.05, 0) is 12.8 Å². The lowest BCUT2D eigenvalue weighted by atomic mass is 10.3. The van der Waals surface area contributed by atoms with Crippen molar-refractivity contribution in [3.63, 3.8) is 0 Å². The van der Waals surface area contributed by atoms with Crippen molar-refractivity contribution in [2.75, 3.05) is 13.2 Å². The molecule has 1 atom stereocenters. The molecule has 0 aliphatic carbocycles. The molecule has 0 aliphatic rings. The molecule has 0 amide bonds. The van der Waals surface area contributed by atoms with Crippen LogP contribution in [0.5, 0.6) is 0 Å². The van der Waals surface area contributed by atoms with Gasteiger partial charge in [-0.15, -0.1) is 0 Å². The number of carbonyl (C=O) groups excluding carboxylic acids is 1. The maximum Gasteiger partial charge on any atom is 0.302 e. The fraction of sp³-hybridized carbons (Fsp3) is 0.889. The van der Waals surface area contributed by atoms with E-state index in [0.717, 1.165) is 19.4 Å². The van der Waals surface area contributed by atoms with E-state index < -0.39 is 0 Å². The Bertz CT molecular complexity index is 123. The highest BCUT2D eigenvalue weighted by atomic mass is 16.6. The number of hydrogen-bond acceptors (Lipinski definition) is 3. The maximum atomic E-state index is 10.5. The number of hydrogen-bond donors (Lipinski definition) is 0. The summed E-state index contributed by atoms with van der Waals surface area (Å²) in [6.07, 6.45) is 1.94. The van der Waals surface area contributed by atoms with E-state index in [1.54, 1.807) is 0 Å². The summed E-state index contributed by atoms with van der Waals surface area (Å²) in [4.78, 5) is 10.5. The van der Waals surface area contributed by atoms with E-state index in [9.17, 15) is 4.79 Å². The summed E-state index contributed by atoms with van der Waals surface area (Å²) in [5.41, 5.74) is 0. The van der Waals surface area contributed by atoms with Gasteiger partial charge in [0, 0.05) is 13.5 Å². The standard InChI is InChI=1S/C9H18O3/c1-4-6-11-9(5-2)7-12-8(3)10/h9H,4-7H2,1-3H3. The van der Waals surface area contributed by atoms with E-state index in [1.807, 2.05) is 6.92 Å². The molecule has 0 fully saturated rings. The summed E-state index contributed by atoms with van der Waals surface area (Å²) in [7, 11) is 0. The third-order valence-corrected chi connectivity index (χ3v) is 1.49. The lowest BCUT2D eigenvalue weighted by Crippen LogP contribution is -2.20. The second kappa shape index (κ2) is 7.10. The van der Waals surface area contributed by atoms with E-state index in [-0.39, 0.29) is 12.1 Å². The largest absolute Gasteiger partial charge is 0.463 e. The van der Waals surface area contributed by atoms with E-state index in [2.05, 4.69) is 6.92 Å². The lowest BCUT2D eigenvalue weighted by molar-refractivity contribution is -0.145. The Hall–Kier alpha value is -0.570. The second-order valence-electron chi connectivity index (χ2n) is 2.70. The van der Waals surface area contributed by atoms with Gasteiger partial charge in [-0.2, -0.15) is 0 Å². The van der Waals surface area contributed by atoms with Gasteiger partial charge >= 0.3 is 5.97 Å². The zero-order chi connectivity index (χ0) is 9.40. The monoisotopic (exact) mass is 174 g/mol. The van der Waals surface area contributed by atoms with Crippen LogP contribution < -0.4 is 0 Å². The summed E-state index contributed by atoms with van der Waals surface area (Å²) in [5.74, 6) is -0.242. The summed E-state index contributed by atoms with van der Waals surface area (Å²) in [6.45, 7) is 6.60. The average Bonchev–Trinajstić information content (AvgIpc) is 2.05. The Morgan fingerprint density at radius 3 is 2.50 bits per heavy atom. The van der Waals surface area contributed by atoms with Crippen molar-refractivity contribution in [2.45, 2.75) is 39.7 Å². The number of esters is 1. The van der Waals surface area contributed by atoms with E-state index in [1.165, 1.54) is 6.92 Å². The molecule has 72 valence electrons. The van der Waals surface area contributed by atoms with Gasteiger partial charge in [-0.25, -0.2) is 0 Å². The Morgan fingerprint density at radius 2 is 2.08 bits per heavy atom. The molecule has 0 bridgehead atoms. The van der Waals surface area contributed by atoms with E-state index in [4.69, 9.17) is 9.47 Å². The molecule has 0 aromatic rings. The van der Waals surface area contributed by atoms with Gasteiger partial charge in [-0.1, -0.05) is 13.8 Å². The van der Waals surface area contributed by atoms with Crippen molar-refractivity contribution in [1.82, 2.24) is 0 Å². The first-order valence-electron chi connectivity index (χ1n) is 4.45. The average molecular weight is 174 g/mol. The molecule has 3 heteroatoms. The van der Waals surface area contributed by atoms with Crippen LogP contribution in [0, 0.1) is 0 Å². The third kappa shape index (κ3) is 6.16. The van der Waals surface area contributed by atoms with Gasteiger partial charge in [0.2, 0.25) is 0 Å². The molecule has 0 saturated heterocycles. The van der Waals surface area contributed by atoms with Crippen molar-refractivity contribution in [2.24, 2.45) is 0 Å². The van der Waals surface area contributed by atoms with Gasteiger partial charge in [0.25, 0.3) is 0 Å². The first kappa shape index (κ1) is 11.4. The molecule has 12 heavy (non-hydrogen) atoms. The number of ether oxygens (including phenoxy) is 2. The van der Waals surface area contributed by atoms with Gasteiger partial charge in [-0.3, -0.25) is 4.79 Å². The van der Waals surface area contributed by atoms with Crippen LogP contribution in [0.1, 0.15) is 33.6 Å². The van der Waals surface area contributed by atoms with Crippen molar-refractivity contribution < 1.29 is 14.3 Å². The van der Waals surface area contributed by atoms with Crippen LogP contribution in [0.3, 0.4) is 0 Å². The van der Waals surface area contributed by atoms with Gasteiger partial charge in [0.15, 0.2) is 0 Å². The van der Waals surface area contributed by atoms with Gasteiger partial charge < -0.3 is 9.47 Å². The lowest BCUT2D eigenvalue weighted by Gasteiger charge is -2.14. The quantitative estimate of drug-likeness (QED) is 0.575. The molecule has 0 N–H and O–H groups in total. The van der Waals surface area contributed by atoms with Crippen LogP contribution in [0.4, 0.5) is 0 Å². The van der Waals surface area contributed by atoms with E-state index in [0.29, 0.717) is 6.61 Å². The first-order valence-corrected chi connectivity index (χ1v) is 4.45. The van der Waals surface area contributed by atoms with Crippen LogP contribution in [0.2, 0.25) is 0 Å². The number of carbonyl (C=O) groups is 1. The van der Waals surface area contributed by atoms with Crippen molar-refractivity contribution in [3.8, 4) is 0 Å². The second-order valence-corrected chi connectivity index (χ2v) is 2.70. The predicted molar refractivity (Wildman–Crippen MR) is 47.0 cm³/mol. The van der Waals surface area contributed by atoms with Crippen LogP contribution >= 0.6 is 0 Å². The molecule has 0 rings (SSSR count). The summed E-state index contributed by atoms with van der Waals surface area (Å²) in [6, 6.07) is 0. The van der Waals surface area contributed by atoms with Crippen molar-refractivity contribution >= 4 is 5.97 Å². The summed E-state index contributed by atoms with van der Waals surface area (Å²) >= 11 is 0. The Kier molecular flexibility index (Phi) is 6.76. The molecule has 0 aromatic heterocycles. The minimum atomic E-state index is -0.242. The molecule has 0 saturated carbocycles. The highest BCUT2D eigenvalue weighted by Gasteiger charge is 2.07. The molecule has 0 spiro atoms. The molecular formula is C9H18O3. The van der Waals surface area contributed by atoms with Crippen LogP contribution in [-0.4, -0.2) is 25.3 Å². The smallest absolute Gasteiger partial charge is 0.302 e. The fourth-order valence-corrected chi connectivity index (χ4v) is 0.779. The minimum Gasteiger partial charge on any atom is -0.463 e. The SMILES string of the molecule is CCCOC(CC)COC(C)=O. The van der Waals surface area contributed by atoms with E-state index >= 15 is 0 Å². The normalized spacial score (nSPS) is 12.6. The fourth-order valence-electron chi connectivity index (χ4n) is 0.779. The van der Waals surface area contributed by atoms with Gasteiger partial charge in [0.05, 0.1) is 6.10 Å². The molecule has 0 aromatic carbocycles. The molecule has 3 nitrogen and oxygen atoms in total. The topological polar surface area (TPSA) is 35.5 Å². The van der Waals surface area contributed by atoms with Gasteiger partial charge in [0.1, 0.15) is 6.61 Å². The van der Waals surface area contributed by atoms with Crippen LogP contribution in [-0.2, 0) is 14.3 Å². The Balaban J connectivity index is 3.45. The van der Waals surface area contributed by atoms with Crippen LogP contribution in [0.25, 0.3) is 0 Å². The Morgan fingerprint density at radius 1 is 1.42 bits per heavy atom. The molecule has 1 unspecified atom stereocenters. The third-order valence-electron chi connectivity index (χ3n) is 1.49.